The maximum atomic E-state index is 10.8. The van der Waals surface area contributed by atoms with Gasteiger partial charge in [0.15, 0.2) is 0 Å². The molecule has 1 aromatic heterocycles. The van der Waals surface area contributed by atoms with Gasteiger partial charge in [0.2, 0.25) is 0 Å². The van der Waals surface area contributed by atoms with Gasteiger partial charge >= 0.3 is 0 Å². The summed E-state index contributed by atoms with van der Waals surface area (Å²) >= 11 is 5.93. The molecule has 3 aromatic carbocycles. The van der Waals surface area contributed by atoms with Gasteiger partial charge in [-0.3, -0.25) is 4.68 Å². The number of benzene rings is 3. The van der Waals surface area contributed by atoms with Crippen molar-refractivity contribution in [3.8, 4) is 33.9 Å². The van der Waals surface area contributed by atoms with E-state index in [4.69, 9.17) is 16.3 Å². The third-order valence-corrected chi connectivity index (χ3v) is 5.57. The molecule has 1 N–H and O–H groups in total. The number of ether oxygens (including phenoxy) is 1. The van der Waals surface area contributed by atoms with Crippen LogP contribution in [0, 0.1) is 20.8 Å². The number of nitrogens with zero attached hydrogens (tertiary/aromatic N) is 2. The Morgan fingerprint density at radius 3 is 2.26 bits per heavy atom. The van der Waals surface area contributed by atoms with E-state index < -0.39 is 0 Å². The zero-order chi connectivity index (χ0) is 22.1. The maximum Gasteiger partial charge on any atom is 0.128 e. The Labute approximate surface area is 187 Å². The average Bonchev–Trinajstić information content (AvgIpc) is 3.07. The van der Waals surface area contributed by atoms with Crippen molar-refractivity contribution in [3.05, 3.63) is 88.1 Å². The number of rotatable bonds is 5. The number of aryl methyl sites for hydroxylation is 4. The summed E-state index contributed by atoms with van der Waals surface area (Å²) in [6, 6.07) is 17.2. The molecule has 0 aliphatic rings. The van der Waals surface area contributed by atoms with E-state index in [1.54, 1.807) is 10.7 Å². The second-order valence-corrected chi connectivity index (χ2v) is 8.37. The van der Waals surface area contributed by atoms with Crippen LogP contribution in [0.15, 0.2) is 60.8 Å². The molecule has 0 amide bonds. The van der Waals surface area contributed by atoms with Crippen LogP contribution in [0.1, 0.15) is 22.3 Å². The Kier molecular flexibility index (Phi) is 5.75. The summed E-state index contributed by atoms with van der Waals surface area (Å²) in [5.74, 6) is 0.729. The quantitative estimate of drug-likeness (QED) is 0.385. The summed E-state index contributed by atoms with van der Waals surface area (Å²) in [6.45, 7) is 6.72. The molecule has 0 atom stereocenters. The minimum atomic E-state index is 0.135. The van der Waals surface area contributed by atoms with E-state index in [-0.39, 0.29) is 5.75 Å². The summed E-state index contributed by atoms with van der Waals surface area (Å²) in [6.07, 6.45) is 2.00. The monoisotopic (exact) mass is 432 g/mol. The zero-order valence-corrected chi connectivity index (χ0v) is 18.9. The summed E-state index contributed by atoms with van der Waals surface area (Å²) in [5.41, 5.74) is 8.19. The average molecular weight is 433 g/mol. The highest BCUT2D eigenvalue weighted by Crippen LogP contribution is 2.40. The molecule has 4 nitrogen and oxygen atoms in total. The fourth-order valence-corrected chi connectivity index (χ4v) is 4.15. The summed E-state index contributed by atoms with van der Waals surface area (Å²) < 4.78 is 7.63. The van der Waals surface area contributed by atoms with Gasteiger partial charge in [-0.1, -0.05) is 41.4 Å². The van der Waals surface area contributed by atoms with Gasteiger partial charge in [-0.05, 0) is 67.3 Å². The summed E-state index contributed by atoms with van der Waals surface area (Å²) in [7, 11) is 1.90. The molecule has 1 heterocycles. The maximum absolute atomic E-state index is 10.8. The summed E-state index contributed by atoms with van der Waals surface area (Å²) in [4.78, 5) is 0. The van der Waals surface area contributed by atoms with Crippen molar-refractivity contribution >= 4 is 11.6 Å². The topological polar surface area (TPSA) is 47.3 Å². The highest BCUT2D eigenvalue weighted by atomic mass is 35.5. The minimum absolute atomic E-state index is 0.135. The lowest BCUT2D eigenvalue weighted by Crippen LogP contribution is -1.96. The van der Waals surface area contributed by atoms with Crippen molar-refractivity contribution in [3.63, 3.8) is 0 Å². The van der Waals surface area contributed by atoms with Crippen LogP contribution in [0.2, 0.25) is 5.02 Å². The first-order chi connectivity index (χ1) is 14.8. The third kappa shape index (κ3) is 4.44. The van der Waals surface area contributed by atoms with E-state index in [0.717, 1.165) is 22.4 Å². The molecule has 0 saturated heterocycles. The van der Waals surface area contributed by atoms with Crippen LogP contribution in [0.3, 0.4) is 0 Å². The van der Waals surface area contributed by atoms with Crippen LogP contribution in [0.25, 0.3) is 22.4 Å². The molecule has 0 aliphatic heterocycles. The van der Waals surface area contributed by atoms with Crippen molar-refractivity contribution in [1.82, 2.24) is 9.78 Å². The van der Waals surface area contributed by atoms with Crippen LogP contribution in [0.4, 0.5) is 0 Å². The first-order valence-electron chi connectivity index (χ1n) is 10.1. The smallest absolute Gasteiger partial charge is 0.128 e. The molecular formula is C26H25ClN2O2. The van der Waals surface area contributed by atoms with Gasteiger partial charge < -0.3 is 9.84 Å². The number of hydrogen-bond acceptors (Lipinski definition) is 3. The normalized spacial score (nSPS) is 11.0. The van der Waals surface area contributed by atoms with Crippen molar-refractivity contribution in [1.29, 1.82) is 0 Å². The van der Waals surface area contributed by atoms with Gasteiger partial charge in [0, 0.05) is 35.5 Å². The molecule has 0 spiro atoms. The van der Waals surface area contributed by atoms with E-state index in [0.29, 0.717) is 22.9 Å². The Morgan fingerprint density at radius 1 is 0.935 bits per heavy atom. The molecule has 5 heteroatoms. The fraction of sp³-hybridized carbons (Fsp3) is 0.192. The van der Waals surface area contributed by atoms with Crippen LogP contribution < -0.4 is 4.74 Å². The van der Waals surface area contributed by atoms with Crippen molar-refractivity contribution in [2.45, 2.75) is 27.4 Å². The van der Waals surface area contributed by atoms with Crippen molar-refractivity contribution in [2.24, 2.45) is 7.05 Å². The van der Waals surface area contributed by atoms with Gasteiger partial charge in [0.25, 0.3) is 0 Å². The number of phenolic OH excluding ortho intramolecular Hbond substituents is 1. The van der Waals surface area contributed by atoms with E-state index in [2.05, 4.69) is 38.0 Å². The van der Waals surface area contributed by atoms with Gasteiger partial charge in [-0.25, -0.2) is 0 Å². The molecule has 0 saturated carbocycles. The molecule has 0 aliphatic carbocycles. The Morgan fingerprint density at radius 2 is 1.61 bits per heavy atom. The zero-order valence-electron chi connectivity index (χ0n) is 18.1. The molecule has 4 aromatic rings. The second-order valence-electron chi connectivity index (χ2n) is 7.93. The molecule has 0 radical (unpaired) electrons. The van der Waals surface area contributed by atoms with Gasteiger partial charge in [0.1, 0.15) is 23.8 Å². The molecule has 31 heavy (non-hydrogen) atoms. The van der Waals surface area contributed by atoms with Crippen LogP contribution in [-0.4, -0.2) is 14.9 Å². The molecule has 0 unspecified atom stereocenters. The lowest BCUT2D eigenvalue weighted by Gasteiger charge is -2.13. The van der Waals surface area contributed by atoms with E-state index in [1.165, 1.54) is 16.7 Å². The van der Waals surface area contributed by atoms with E-state index in [1.807, 2.05) is 49.6 Å². The highest BCUT2D eigenvalue weighted by Gasteiger charge is 2.19. The predicted octanol–water partition coefficient (Wildman–Crippen LogP) is 6.62. The van der Waals surface area contributed by atoms with Gasteiger partial charge in [0.05, 0.1) is 0 Å². The molecule has 158 valence electrons. The number of hydrogen-bond donors (Lipinski definition) is 1. The predicted molar refractivity (Wildman–Crippen MR) is 126 cm³/mol. The Balaban J connectivity index is 1.66. The third-order valence-electron chi connectivity index (χ3n) is 5.32. The van der Waals surface area contributed by atoms with Gasteiger partial charge in [-0.2, -0.15) is 5.10 Å². The number of halogens is 1. The van der Waals surface area contributed by atoms with Crippen molar-refractivity contribution < 1.29 is 9.84 Å². The second kappa shape index (κ2) is 8.48. The first-order valence-corrected chi connectivity index (χ1v) is 10.5. The molecule has 0 bridgehead atoms. The minimum Gasteiger partial charge on any atom is -0.507 e. The number of aromatic nitrogens is 2. The lowest BCUT2D eigenvalue weighted by molar-refractivity contribution is 0.304. The largest absolute Gasteiger partial charge is 0.507 e. The standard InChI is InChI=1S/C26H25ClN2O2/c1-16-11-17(2)25(18(3)12-16)23-14-29(4)28-26(23)22-10-9-21(13-24(22)30)31-15-19-5-7-20(27)8-6-19/h5-14,30H,15H2,1-4H3. The van der Waals surface area contributed by atoms with Crippen LogP contribution in [-0.2, 0) is 13.7 Å². The first kappa shape index (κ1) is 21.0. The lowest BCUT2D eigenvalue weighted by atomic mass is 9.92. The number of phenols is 1. The van der Waals surface area contributed by atoms with Crippen LogP contribution in [0.5, 0.6) is 11.5 Å². The number of aromatic hydroxyl groups is 1. The van der Waals surface area contributed by atoms with E-state index in [9.17, 15) is 5.11 Å². The van der Waals surface area contributed by atoms with E-state index >= 15 is 0 Å². The van der Waals surface area contributed by atoms with Crippen LogP contribution >= 0.6 is 11.6 Å². The van der Waals surface area contributed by atoms with Crippen molar-refractivity contribution in [2.75, 3.05) is 0 Å². The molecule has 0 fully saturated rings. The molecular weight excluding hydrogens is 408 g/mol. The summed E-state index contributed by atoms with van der Waals surface area (Å²) in [5, 5.41) is 16.1. The highest BCUT2D eigenvalue weighted by molar-refractivity contribution is 6.30. The SMILES string of the molecule is Cc1cc(C)c(-c2cn(C)nc2-c2ccc(OCc3ccc(Cl)cc3)cc2O)c(C)c1. The fourth-order valence-electron chi connectivity index (χ4n) is 4.02. The Bertz CT molecular complexity index is 1220. The molecule has 4 rings (SSSR count). The Hall–Kier alpha value is -3.24. The van der Waals surface area contributed by atoms with Gasteiger partial charge in [-0.15, -0.1) is 0 Å².